The molecule has 0 bridgehead atoms. The third-order valence-corrected chi connectivity index (χ3v) is 5.38. The molecule has 29 heavy (non-hydrogen) atoms. The summed E-state index contributed by atoms with van der Waals surface area (Å²) in [7, 11) is 1.56. The first-order chi connectivity index (χ1) is 13.8. The van der Waals surface area contributed by atoms with Crippen molar-refractivity contribution in [3.8, 4) is 5.69 Å². The first-order valence-electron chi connectivity index (χ1n) is 8.57. The predicted octanol–water partition coefficient (Wildman–Crippen LogP) is 3.03. The zero-order chi connectivity index (χ0) is 20.7. The fraction of sp³-hybridized carbons (Fsp3) is 0.158. The molecular weight excluding hydrogens is 400 g/mol. The van der Waals surface area contributed by atoms with E-state index in [1.54, 1.807) is 25.4 Å². The molecule has 0 radical (unpaired) electrons. The van der Waals surface area contributed by atoms with Crippen molar-refractivity contribution >= 4 is 27.5 Å². The molecule has 0 aliphatic rings. The van der Waals surface area contributed by atoms with Crippen LogP contribution in [0.2, 0.25) is 0 Å². The van der Waals surface area contributed by atoms with E-state index in [1.165, 1.54) is 33.2 Å². The van der Waals surface area contributed by atoms with E-state index in [0.717, 1.165) is 12.1 Å². The van der Waals surface area contributed by atoms with E-state index in [9.17, 15) is 18.4 Å². The van der Waals surface area contributed by atoms with Crippen LogP contribution < -0.4 is 5.56 Å². The number of aromatic amines is 1. The lowest BCUT2D eigenvalue weighted by Gasteiger charge is -2.16. The lowest BCUT2D eigenvalue weighted by Crippen LogP contribution is -2.28. The maximum absolute atomic E-state index is 14.1. The first kappa shape index (κ1) is 18.9. The Hall–Kier alpha value is -3.40. The second-order valence-electron chi connectivity index (χ2n) is 6.46. The highest BCUT2D eigenvalue weighted by molar-refractivity contribution is 7.17. The molecule has 1 N–H and O–H groups in total. The summed E-state index contributed by atoms with van der Waals surface area (Å²) in [6.45, 7) is 1.70. The van der Waals surface area contributed by atoms with Gasteiger partial charge in [0.05, 0.1) is 29.5 Å². The quantitative estimate of drug-likeness (QED) is 0.555. The van der Waals surface area contributed by atoms with Crippen molar-refractivity contribution in [2.75, 3.05) is 7.05 Å². The molecular formula is C19H15F2N5O2S. The number of thiophene rings is 1. The van der Waals surface area contributed by atoms with Crippen molar-refractivity contribution in [2.24, 2.45) is 0 Å². The number of H-pyrrole nitrogens is 1. The molecule has 7 nitrogen and oxygen atoms in total. The molecule has 0 spiro atoms. The number of hydrogen-bond acceptors (Lipinski definition) is 5. The number of halogens is 2. The average Bonchev–Trinajstić information content (AvgIpc) is 3.28. The zero-order valence-corrected chi connectivity index (χ0v) is 16.3. The molecule has 1 amide bonds. The Morgan fingerprint density at radius 2 is 2.10 bits per heavy atom. The van der Waals surface area contributed by atoms with Crippen molar-refractivity contribution < 1.29 is 13.6 Å². The van der Waals surface area contributed by atoms with E-state index < -0.39 is 11.6 Å². The molecule has 0 atom stereocenters. The van der Waals surface area contributed by atoms with E-state index in [4.69, 9.17) is 0 Å². The monoisotopic (exact) mass is 415 g/mol. The second-order valence-corrected chi connectivity index (χ2v) is 7.38. The highest BCUT2D eigenvalue weighted by Crippen LogP contribution is 2.20. The lowest BCUT2D eigenvalue weighted by atomic mass is 10.2. The van der Waals surface area contributed by atoms with Crippen molar-refractivity contribution in [2.45, 2.75) is 13.5 Å². The van der Waals surface area contributed by atoms with Gasteiger partial charge in [0, 0.05) is 13.1 Å². The van der Waals surface area contributed by atoms with E-state index in [0.29, 0.717) is 21.7 Å². The molecule has 10 heteroatoms. The molecule has 3 aromatic heterocycles. The maximum atomic E-state index is 14.1. The predicted molar refractivity (Wildman–Crippen MR) is 104 cm³/mol. The van der Waals surface area contributed by atoms with Gasteiger partial charge in [-0.2, -0.15) is 5.10 Å². The molecule has 3 heterocycles. The molecule has 0 saturated heterocycles. The van der Waals surface area contributed by atoms with Crippen LogP contribution in [0, 0.1) is 18.6 Å². The summed E-state index contributed by atoms with van der Waals surface area (Å²) < 4.78 is 29.0. The van der Waals surface area contributed by atoms with Gasteiger partial charge in [-0.05, 0) is 30.5 Å². The highest BCUT2D eigenvalue weighted by Gasteiger charge is 2.21. The minimum Gasteiger partial charge on any atom is -0.334 e. The van der Waals surface area contributed by atoms with Gasteiger partial charge >= 0.3 is 0 Å². The number of nitrogens with zero attached hydrogens (tertiary/aromatic N) is 4. The fourth-order valence-corrected chi connectivity index (χ4v) is 3.74. The number of fused-ring (bicyclic) bond motifs is 1. The fourth-order valence-electron chi connectivity index (χ4n) is 3.01. The van der Waals surface area contributed by atoms with Crippen LogP contribution >= 0.6 is 11.3 Å². The molecule has 4 rings (SSSR count). The SMILES string of the molecule is Cc1c(C(=O)N(C)Cc2nc3ccsc3c(=O)[nH]2)cnn1-c1ccc(F)cc1F. The summed E-state index contributed by atoms with van der Waals surface area (Å²) in [4.78, 5) is 33.4. The number of nitrogens with one attached hydrogen (secondary N) is 1. The molecule has 148 valence electrons. The van der Waals surface area contributed by atoms with Crippen LogP contribution in [0.25, 0.3) is 15.9 Å². The Bertz CT molecular complexity index is 1290. The van der Waals surface area contributed by atoms with Gasteiger partial charge in [0.25, 0.3) is 11.5 Å². The topological polar surface area (TPSA) is 83.9 Å². The standard InChI is InChI=1S/C19H15F2N5O2S/c1-10-12(8-22-26(10)15-4-3-11(20)7-13(15)21)19(28)25(2)9-16-23-14-5-6-29-17(14)18(27)24-16/h3-8H,9H2,1-2H3,(H,23,24,27). The van der Waals surface area contributed by atoms with Crippen LogP contribution in [-0.4, -0.2) is 37.6 Å². The van der Waals surface area contributed by atoms with Crippen LogP contribution in [0.5, 0.6) is 0 Å². The second kappa shape index (κ2) is 7.21. The van der Waals surface area contributed by atoms with Crippen molar-refractivity contribution in [1.82, 2.24) is 24.6 Å². The van der Waals surface area contributed by atoms with Gasteiger partial charge in [0.1, 0.15) is 22.0 Å². The maximum Gasteiger partial charge on any atom is 0.268 e. The Balaban J connectivity index is 1.60. The molecule has 0 unspecified atom stereocenters. The molecule has 1 aromatic carbocycles. The minimum absolute atomic E-state index is 0.0412. The summed E-state index contributed by atoms with van der Waals surface area (Å²) in [6, 6.07) is 4.88. The van der Waals surface area contributed by atoms with Crippen molar-refractivity contribution in [3.05, 3.63) is 74.9 Å². The van der Waals surface area contributed by atoms with Crippen molar-refractivity contribution in [3.63, 3.8) is 0 Å². The third kappa shape index (κ3) is 3.42. The summed E-state index contributed by atoms with van der Waals surface area (Å²) in [5.74, 6) is -1.50. The van der Waals surface area contributed by atoms with Gasteiger partial charge in [0.2, 0.25) is 0 Å². The molecule has 4 aromatic rings. The first-order valence-corrected chi connectivity index (χ1v) is 9.45. The zero-order valence-electron chi connectivity index (χ0n) is 15.4. The van der Waals surface area contributed by atoms with E-state index >= 15 is 0 Å². The highest BCUT2D eigenvalue weighted by atomic mass is 32.1. The summed E-state index contributed by atoms with van der Waals surface area (Å²) in [5.41, 5.74) is 1.03. The lowest BCUT2D eigenvalue weighted by molar-refractivity contribution is 0.0781. The van der Waals surface area contributed by atoms with Gasteiger partial charge in [-0.25, -0.2) is 18.4 Å². The normalized spacial score (nSPS) is 11.2. The number of carbonyl (C=O) groups excluding carboxylic acids is 1. The number of aromatic nitrogens is 4. The van der Waals surface area contributed by atoms with E-state index in [2.05, 4.69) is 15.1 Å². The number of rotatable bonds is 4. The van der Waals surface area contributed by atoms with Gasteiger partial charge in [-0.15, -0.1) is 11.3 Å². The van der Waals surface area contributed by atoms with Crippen molar-refractivity contribution in [1.29, 1.82) is 0 Å². The van der Waals surface area contributed by atoms with Crippen LogP contribution in [-0.2, 0) is 6.54 Å². The van der Waals surface area contributed by atoms with Crippen LogP contribution in [0.1, 0.15) is 21.9 Å². The number of benzene rings is 1. The minimum atomic E-state index is -0.783. The van der Waals surface area contributed by atoms with Crippen LogP contribution in [0.3, 0.4) is 0 Å². The molecule has 0 aliphatic heterocycles. The van der Waals surface area contributed by atoms with Crippen LogP contribution in [0.4, 0.5) is 8.78 Å². The van der Waals surface area contributed by atoms with Gasteiger partial charge < -0.3 is 9.88 Å². The summed E-state index contributed by atoms with van der Waals surface area (Å²) >= 11 is 1.30. The Morgan fingerprint density at radius 1 is 1.31 bits per heavy atom. The summed E-state index contributed by atoms with van der Waals surface area (Å²) in [6.07, 6.45) is 1.33. The van der Waals surface area contributed by atoms with E-state index in [-0.39, 0.29) is 29.3 Å². The molecule has 0 aliphatic carbocycles. The van der Waals surface area contributed by atoms with Crippen LogP contribution in [0.15, 0.2) is 40.6 Å². The Kier molecular flexibility index (Phi) is 4.71. The Labute approximate surface area is 167 Å². The molecule has 0 saturated carbocycles. The average molecular weight is 415 g/mol. The summed E-state index contributed by atoms with van der Waals surface area (Å²) in [5, 5.41) is 5.85. The van der Waals surface area contributed by atoms with Gasteiger partial charge in [-0.1, -0.05) is 0 Å². The van der Waals surface area contributed by atoms with Gasteiger partial charge in [-0.3, -0.25) is 9.59 Å². The molecule has 0 fully saturated rings. The largest absolute Gasteiger partial charge is 0.334 e. The number of amides is 1. The van der Waals surface area contributed by atoms with E-state index in [1.807, 2.05) is 0 Å². The number of carbonyl (C=O) groups is 1. The number of hydrogen-bond donors (Lipinski definition) is 1. The van der Waals surface area contributed by atoms with Gasteiger partial charge in [0.15, 0.2) is 5.82 Å². The third-order valence-electron chi connectivity index (χ3n) is 4.48. The smallest absolute Gasteiger partial charge is 0.268 e. The Morgan fingerprint density at radius 3 is 2.86 bits per heavy atom.